The second-order valence-corrected chi connectivity index (χ2v) is 7.12. The van der Waals surface area contributed by atoms with Crippen LogP contribution in [0.1, 0.15) is 49.4 Å². The van der Waals surface area contributed by atoms with Crippen molar-refractivity contribution in [3.05, 3.63) is 58.7 Å². The lowest BCUT2D eigenvalue weighted by Gasteiger charge is -2.29. The molecule has 0 spiro atoms. The summed E-state index contributed by atoms with van der Waals surface area (Å²) in [5.74, 6) is 0.643. The van der Waals surface area contributed by atoms with Crippen molar-refractivity contribution in [2.45, 2.75) is 44.9 Å². The van der Waals surface area contributed by atoms with Crippen molar-refractivity contribution in [1.82, 2.24) is 0 Å². The van der Waals surface area contributed by atoms with Gasteiger partial charge in [0, 0.05) is 5.41 Å². The number of aryl methyl sites for hydroxylation is 1. The Labute approximate surface area is 126 Å². The largest absolute Gasteiger partial charge is 0.508 e. The van der Waals surface area contributed by atoms with Crippen LogP contribution in [-0.4, -0.2) is 10.2 Å². The normalized spacial score (nSPS) is 23.0. The van der Waals surface area contributed by atoms with E-state index in [-0.39, 0.29) is 10.8 Å². The molecule has 110 valence electrons. The zero-order valence-corrected chi connectivity index (χ0v) is 13.1. The van der Waals surface area contributed by atoms with Gasteiger partial charge in [-0.2, -0.15) is 0 Å². The lowest BCUT2D eigenvalue weighted by atomic mass is 9.74. The third-order valence-corrected chi connectivity index (χ3v) is 4.96. The van der Waals surface area contributed by atoms with Gasteiger partial charge in [0.1, 0.15) is 11.5 Å². The highest BCUT2D eigenvalue weighted by Gasteiger charge is 2.45. The SMILES string of the molecule is Cc1cc(C2(C)CC(C)(C)c3ccc(O)cc32)ccc1O. The van der Waals surface area contributed by atoms with Gasteiger partial charge in [-0.25, -0.2) is 0 Å². The van der Waals surface area contributed by atoms with Crippen molar-refractivity contribution in [2.75, 3.05) is 0 Å². The van der Waals surface area contributed by atoms with Crippen LogP contribution in [0.4, 0.5) is 0 Å². The van der Waals surface area contributed by atoms with Gasteiger partial charge in [-0.15, -0.1) is 0 Å². The molecule has 21 heavy (non-hydrogen) atoms. The molecule has 0 aromatic heterocycles. The number of hydrogen-bond donors (Lipinski definition) is 2. The summed E-state index contributed by atoms with van der Waals surface area (Å²) in [5.41, 5.74) is 4.50. The second kappa shape index (κ2) is 4.27. The first kappa shape index (κ1) is 14.0. The average Bonchev–Trinajstić information content (AvgIpc) is 2.60. The van der Waals surface area contributed by atoms with Crippen molar-refractivity contribution >= 4 is 0 Å². The van der Waals surface area contributed by atoms with E-state index in [1.165, 1.54) is 16.7 Å². The van der Waals surface area contributed by atoms with Crippen molar-refractivity contribution in [3.8, 4) is 11.5 Å². The van der Waals surface area contributed by atoms with E-state index in [4.69, 9.17) is 0 Å². The molecule has 0 fully saturated rings. The molecule has 0 bridgehead atoms. The highest BCUT2D eigenvalue weighted by atomic mass is 16.3. The van der Waals surface area contributed by atoms with Gasteiger partial charge in [0.25, 0.3) is 0 Å². The summed E-state index contributed by atoms with van der Waals surface area (Å²) in [4.78, 5) is 0. The van der Waals surface area contributed by atoms with Gasteiger partial charge < -0.3 is 10.2 Å². The fraction of sp³-hybridized carbons (Fsp3) is 0.368. The quantitative estimate of drug-likeness (QED) is 0.814. The van der Waals surface area contributed by atoms with Gasteiger partial charge in [-0.1, -0.05) is 39.0 Å². The third-order valence-electron chi connectivity index (χ3n) is 4.96. The molecule has 0 amide bonds. The lowest BCUT2D eigenvalue weighted by molar-refractivity contribution is 0.423. The van der Waals surface area contributed by atoms with E-state index in [1.54, 1.807) is 12.1 Å². The number of rotatable bonds is 1. The predicted molar refractivity (Wildman–Crippen MR) is 85.0 cm³/mol. The van der Waals surface area contributed by atoms with E-state index < -0.39 is 0 Å². The number of aromatic hydroxyl groups is 2. The van der Waals surface area contributed by atoms with Crippen LogP contribution in [-0.2, 0) is 10.8 Å². The molecule has 2 heteroatoms. The number of fused-ring (bicyclic) bond motifs is 1. The van der Waals surface area contributed by atoms with Crippen LogP contribution >= 0.6 is 0 Å². The molecule has 0 heterocycles. The third kappa shape index (κ3) is 2.01. The first-order valence-electron chi connectivity index (χ1n) is 7.38. The summed E-state index contributed by atoms with van der Waals surface area (Å²) in [6, 6.07) is 11.5. The Morgan fingerprint density at radius 1 is 0.905 bits per heavy atom. The molecule has 2 N–H and O–H groups in total. The van der Waals surface area contributed by atoms with Gasteiger partial charge in [-0.05, 0) is 59.2 Å². The molecule has 1 aliphatic rings. The first-order chi connectivity index (χ1) is 9.74. The van der Waals surface area contributed by atoms with Crippen LogP contribution < -0.4 is 0 Å². The number of benzene rings is 2. The Balaban J connectivity index is 2.23. The van der Waals surface area contributed by atoms with E-state index in [9.17, 15) is 10.2 Å². The molecule has 0 radical (unpaired) electrons. The lowest BCUT2D eigenvalue weighted by Crippen LogP contribution is -2.23. The molecular weight excluding hydrogens is 260 g/mol. The molecular formula is C19H22O2. The number of phenols is 2. The maximum atomic E-state index is 9.90. The molecule has 0 saturated carbocycles. The fourth-order valence-electron chi connectivity index (χ4n) is 3.91. The minimum atomic E-state index is -0.143. The molecule has 3 rings (SSSR count). The van der Waals surface area contributed by atoms with E-state index in [0.29, 0.717) is 11.5 Å². The van der Waals surface area contributed by atoms with E-state index in [2.05, 4.69) is 26.8 Å². The summed E-state index contributed by atoms with van der Waals surface area (Å²) in [7, 11) is 0. The van der Waals surface area contributed by atoms with E-state index >= 15 is 0 Å². The van der Waals surface area contributed by atoms with Crippen molar-refractivity contribution in [3.63, 3.8) is 0 Å². The standard InChI is InChI=1S/C19H22O2/c1-12-9-13(5-8-17(12)21)19(4)11-18(2,3)15-7-6-14(20)10-16(15)19/h5-10,20-21H,11H2,1-4H3. The molecule has 2 nitrogen and oxygen atoms in total. The molecule has 2 aromatic carbocycles. The van der Waals surface area contributed by atoms with Gasteiger partial charge in [-0.3, -0.25) is 0 Å². The van der Waals surface area contributed by atoms with Crippen molar-refractivity contribution < 1.29 is 10.2 Å². The summed E-state index contributed by atoms with van der Waals surface area (Å²) in [5, 5.41) is 19.7. The number of phenolic OH excluding ortho intramolecular Hbond substituents is 2. The van der Waals surface area contributed by atoms with Gasteiger partial charge in [0.15, 0.2) is 0 Å². The van der Waals surface area contributed by atoms with Gasteiger partial charge >= 0.3 is 0 Å². The zero-order valence-electron chi connectivity index (χ0n) is 13.1. The molecule has 2 aromatic rings. The Bertz CT molecular complexity index is 716. The summed E-state index contributed by atoms with van der Waals surface area (Å²) < 4.78 is 0. The topological polar surface area (TPSA) is 40.5 Å². The zero-order chi connectivity index (χ0) is 15.4. The predicted octanol–water partition coefficient (Wildman–Crippen LogP) is 4.39. The second-order valence-electron chi connectivity index (χ2n) is 7.12. The smallest absolute Gasteiger partial charge is 0.118 e. The minimum Gasteiger partial charge on any atom is -0.508 e. The Morgan fingerprint density at radius 2 is 1.62 bits per heavy atom. The van der Waals surface area contributed by atoms with Crippen LogP contribution in [0.15, 0.2) is 36.4 Å². The van der Waals surface area contributed by atoms with Crippen LogP contribution in [0.2, 0.25) is 0 Å². The van der Waals surface area contributed by atoms with E-state index in [0.717, 1.165) is 12.0 Å². The van der Waals surface area contributed by atoms with Crippen molar-refractivity contribution in [2.24, 2.45) is 0 Å². The maximum Gasteiger partial charge on any atom is 0.118 e. The molecule has 0 saturated heterocycles. The van der Waals surface area contributed by atoms with Gasteiger partial charge in [0.05, 0.1) is 0 Å². The monoisotopic (exact) mass is 282 g/mol. The van der Waals surface area contributed by atoms with Gasteiger partial charge in [0.2, 0.25) is 0 Å². The molecule has 1 aliphatic carbocycles. The van der Waals surface area contributed by atoms with Crippen molar-refractivity contribution in [1.29, 1.82) is 0 Å². The Hall–Kier alpha value is -1.96. The first-order valence-corrected chi connectivity index (χ1v) is 7.38. The van der Waals surface area contributed by atoms with Crippen LogP contribution in [0.25, 0.3) is 0 Å². The molecule has 1 unspecified atom stereocenters. The highest BCUT2D eigenvalue weighted by Crippen LogP contribution is 2.53. The summed E-state index contributed by atoms with van der Waals surface area (Å²) >= 11 is 0. The summed E-state index contributed by atoms with van der Waals surface area (Å²) in [6.07, 6.45) is 0.989. The Morgan fingerprint density at radius 3 is 2.29 bits per heavy atom. The van der Waals surface area contributed by atoms with Crippen LogP contribution in [0.5, 0.6) is 11.5 Å². The molecule has 1 atom stereocenters. The summed E-state index contributed by atoms with van der Waals surface area (Å²) in [6.45, 7) is 8.65. The number of hydrogen-bond acceptors (Lipinski definition) is 2. The highest BCUT2D eigenvalue weighted by molar-refractivity contribution is 5.55. The van der Waals surface area contributed by atoms with Crippen LogP contribution in [0.3, 0.4) is 0 Å². The van der Waals surface area contributed by atoms with Crippen LogP contribution in [0, 0.1) is 6.92 Å². The minimum absolute atomic E-state index is 0.0730. The molecule has 0 aliphatic heterocycles. The average molecular weight is 282 g/mol. The maximum absolute atomic E-state index is 9.90. The fourth-order valence-corrected chi connectivity index (χ4v) is 3.91. The Kier molecular flexibility index (Phi) is 2.84. The van der Waals surface area contributed by atoms with E-state index in [1.807, 2.05) is 25.1 Å².